The van der Waals surface area contributed by atoms with Crippen molar-refractivity contribution in [3.8, 4) is 5.75 Å². The average molecular weight is 387 g/mol. The van der Waals surface area contributed by atoms with Gasteiger partial charge in [0.2, 0.25) is 0 Å². The maximum absolute atomic E-state index is 10.5. The third-order valence-electron chi connectivity index (χ3n) is 4.71. The number of hydrogen-bond donors (Lipinski definition) is 2. The van der Waals surface area contributed by atoms with Crippen LogP contribution in [0.15, 0.2) is 41.7 Å². The van der Waals surface area contributed by atoms with Crippen molar-refractivity contribution in [2.24, 2.45) is 12.0 Å². The molecule has 0 bridgehead atoms. The molecule has 2 heterocycles. The first kappa shape index (κ1) is 20.2. The largest absolute Gasteiger partial charge is 0.497 e. The number of aryl methyl sites for hydroxylation is 1. The first-order valence-electron chi connectivity index (χ1n) is 9.56. The summed E-state index contributed by atoms with van der Waals surface area (Å²) in [5, 5.41) is 18.1. The zero-order valence-electron chi connectivity index (χ0n) is 16.7. The average Bonchev–Trinajstić information content (AvgIpc) is 3.17. The Balaban J connectivity index is 1.67. The number of nitrogens with zero attached hydrogens (tertiary/aromatic N) is 4. The van der Waals surface area contributed by atoms with Gasteiger partial charge in [0.15, 0.2) is 5.96 Å². The summed E-state index contributed by atoms with van der Waals surface area (Å²) in [6.45, 7) is 5.13. The highest BCUT2D eigenvalue weighted by Gasteiger charge is 2.25. The van der Waals surface area contributed by atoms with Gasteiger partial charge in [-0.15, -0.1) is 0 Å². The second-order valence-electron chi connectivity index (χ2n) is 6.74. The number of methoxy groups -OCH3 is 1. The van der Waals surface area contributed by atoms with E-state index in [9.17, 15) is 5.11 Å². The molecule has 0 amide bonds. The molecule has 152 valence electrons. The summed E-state index contributed by atoms with van der Waals surface area (Å²) in [4.78, 5) is 6.84. The van der Waals surface area contributed by atoms with Crippen LogP contribution < -0.4 is 10.1 Å². The Kier molecular flexibility index (Phi) is 6.89. The van der Waals surface area contributed by atoms with Crippen LogP contribution in [-0.4, -0.2) is 65.6 Å². The lowest BCUT2D eigenvalue weighted by Crippen LogP contribution is -2.48. The number of hydrogen-bond acceptors (Lipinski definition) is 5. The number of aliphatic imine (C=N–C) groups is 1. The topological polar surface area (TPSA) is 84.1 Å². The van der Waals surface area contributed by atoms with Crippen molar-refractivity contribution < 1.29 is 14.6 Å². The first-order valence-corrected chi connectivity index (χ1v) is 9.56. The molecule has 8 nitrogen and oxygen atoms in total. The number of aliphatic hydroxyl groups excluding tert-OH is 1. The van der Waals surface area contributed by atoms with Crippen LogP contribution >= 0.6 is 0 Å². The van der Waals surface area contributed by atoms with E-state index < -0.39 is 6.10 Å². The van der Waals surface area contributed by atoms with E-state index in [1.165, 1.54) is 0 Å². The summed E-state index contributed by atoms with van der Waals surface area (Å²) in [7, 11) is 3.52. The van der Waals surface area contributed by atoms with E-state index in [1.807, 2.05) is 50.6 Å². The quantitative estimate of drug-likeness (QED) is 0.577. The van der Waals surface area contributed by atoms with Crippen molar-refractivity contribution in [3.05, 3.63) is 47.8 Å². The van der Waals surface area contributed by atoms with Gasteiger partial charge in [-0.3, -0.25) is 9.67 Å². The molecule has 0 saturated carbocycles. The minimum Gasteiger partial charge on any atom is -0.497 e. The van der Waals surface area contributed by atoms with Crippen molar-refractivity contribution >= 4 is 5.96 Å². The van der Waals surface area contributed by atoms with Gasteiger partial charge in [0.25, 0.3) is 0 Å². The van der Waals surface area contributed by atoms with Crippen LogP contribution in [-0.2, 0) is 11.8 Å². The van der Waals surface area contributed by atoms with Gasteiger partial charge in [-0.1, -0.05) is 12.1 Å². The van der Waals surface area contributed by atoms with Crippen molar-refractivity contribution in [2.75, 3.05) is 39.9 Å². The summed E-state index contributed by atoms with van der Waals surface area (Å²) in [5.74, 6) is 1.55. The normalized spacial score (nSPS) is 18.8. The van der Waals surface area contributed by atoms with Crippen LogP contribution in [0.1, 0.15) is 30.3 Å². The Morgan fingerprint density at radius 2 is 2.21 bits per heavy atom. The highest BCUT2D eigenvalue weighted by molar-refractivity contribution is 5.80. The number of aromatic nitrogens is 2. The van der Waals surface area contributed by atoms with Crippen molar-refractivity contribution in [1.29, 1.82) is 0 Å². The molecule has 2 aromatic rings. The predicted molar refractivity (Wildman–Crippen MR) is 107 cm³/mol. The third kappa shape index (κ3) is 5.02. The Morgan fingerprint density at radius 1 is 1.43 bits per heavy atom. The molecule has 1 aliphatic heterocycles. The van der Waals surface area contributed by atoms with E-state index in [0.29, 0.717) is 13.2 Å². The van der Waals surface area contributed by atoms with Gasteiger partial charge in [-0.2, -0.15) is 5.10 Å². The van der Waals surface area contributed by atoms with Gasteiger partial charge >= 0.3 is 0 Å². The third-order valence-corrected chi connectivity index (χ3v) is 4.71. The molecule has 1 saturated heterocycles. The number of guanidine groups is 1. The standard InChI is InChI=1S/C20H29N5O3/c1-4-21-20(22-12-18(26)15-5-7-17(27-3)8-6-15)25-9-10-28-19(14-25)16-11-23-24(2)13-16/h5-8,11,13,18-19,26H,4,9-10,12,14H2,1-3H3,(H,21,22). The number of rotatable bonds is 6. The molecule has 1 aromatic carbocycles. The molecule has 0 radical (unpaired) electrons. The van der Waals surface area contributed by atoms with Crippen molar-refractivity contribution in [3.63, 3.8) is 0 Å². The molecule has 0 aliphatic carbocycles. The number of nitrogens with one attached hydrogen (secondary N) is 1. The lowest BCUT2D eigenvalue weighted by atomic mass is 10.1. The highest BCUT2D eigenvalue weighted by atomic mass is 16.5. The molecular weight excluding hydrogens is 358 g/mol. The zero-order valence-corrected chi connectivity index (χ0v) is 16.7. The Morgan fingerprint density at radius 3 is 2.86 bits per heavy atom. The fraction of sp³-hybridized carbons (Fsp3) is 0.500. The van der Waals surface area contributed by atoms with Gasteiger partial charge in [0.05, 0.1) is 39.1 Å². The molecule has 1 aliphatic rings. The summed E-state index contributed by atoms with van der Waals surface area (Å²) >= 11 is 0. The molecule has 1 fully saturated rings. The number of aliphatic hydroxyl groups is 1. The minimum absolute atomic E-state index is 0.0437. The molecule has 28 heavy (non-hydrogen) atoms. The van der Waals surface area contributed by atoms with Gasteiger partial charge < -0.3 is 24.8 Å². The predicted octanol–water partition coefficient (Wildman–Crippen LogP) is 1.50. The first-order chi connectivity index (χ1) is 13.6. The zero-order chi connectivity index (χ0) is 19.9. The van der Waals surface area contributed by atoms with Crippen LogP contribution in [0.25, 0.3) is 0 Å². The number of ether oxygens (including phenoxy) is 2. The Labute approximate surface area is 165 Å². The fourth-order valence-corrected chi connectivity index (χ4v) is 3.18. The molecule has 0 spiro atoms. The lowest BCUT2D eigenvalue weighted by Gasteiger charge is -2.35. The highest BCUT2D eigenvalue weighted by Crippen LogP contribution is 2.22. The van der Waals surface area contributed by atoms with Crippen LogP contribution in [0.4, 0.5) is 0 Å². The Bertz CT molecular complexity index is 774. The van der Waals surface area contributed by atoms with E-state index >= 15 is 0 Å². The molecule has 1 aromatic heterocycles. The van der Waals surface area contributed by atoms with E-state index in [0.717, 1.165) is 35.9 Å². The summed E-state index contributed by atoms with van der Waals surface area (Å²) in [6.07, 6.45) is 3.10. The summed E-state index contributed by atoms with van der Waals surface area (Å²) < 4.78 is 12.9. The maximum atomic E-state index is 10.5. The van der Waals surface area contributed by atoms with E-state index in [1.54, 1.807) is 11.8 Å². The number of morpholine rings is 1. The van der Waals surface area contributed by atoms with Gasteiger partial charge in [-0.25, -0.2) is 0 Å². The lowest BCUT2D eigenvalue weighted by molar-refractivity contribution is -0.00811. The molecule has 2 unspecified atom stereocenters. The Hall–Kier alpha value is -2.58. The second-order valence-corrected chi connectivity index (χ2v) is 6.74. The van der Waals surface area contributed by atoms with Gasteiger partial charge in [0, 0.05) is 31.9 Å². The van der Waals surface area contributed by atoms with Crippen LogP contribution in [0.2, 0.25) is 0 Å². The molecule has 3 rings (SSSR count). The van der Waals surface area contributed by atoms with E-state index in [-0.39, 0.29) is 12.6 Å². The van der Waals surface area contributed by atoms with Crippen LogP contribution in [0.5, 0.6) is 5.75 Å². The fourth-order valence-electron chi connectivity index (χ4n) is 3.18. The summed E-state index contributed by atoms with van der Waals surface area (Å²) in [6, 6.07) is 7.40. The van der Waals surface area contributed by atoms with Gasteiger partial charge in [-0.05, 0) is 24.6 Å². The maximum Gasteiger partial charge on any atom is 0.194 e. The van der Waals surface area contributed by atoms with Crippen molar-refractivity contribution in [1.82, 2.24) is 20.0 Å². The minimum atomic E-state index is -0.672. The smallest absolute Gasteiger partial charge is 0.194 e. The van der Waals surface area contributed by atoms with Gasteiger partial charge in [0.1, 0.15) is 11.9 Å². The SMILES string of the molecule is CCNC(=NCC(O)c1ccc(OC)cc1)N1CCOC(c2cnn(C)c2)C1. The van der Waals surface area contributed by atoms with Crippen LogP contribution in [0.3, 0.4) is 0 Å². The van der Waals surface area contributed by atoms with Crippen molar-refractivity contribution in [2.45, 2.75) is 19.1 Å². The molecule has 2 N–H and O–H groups in total. The van der Waals surface area contributed by atoms with E-state index in [2.05, 4.69) is 20.3 Å². The molecule has 8 heteroatoms. The number of benzene rings is 1. The molecule has 2 atom stereocenters. The van der Waals surface area contributed by atoms with E-state index in [4.69, 9.17) is 9.47 Å². The summed E-state index contributed by atoms with van der Waals surface area (Å²) in [5.41, 5.74) is 1.87. The monoisotopic (exact) mass is 387 g/mol. The van der Waals surface area contributed by atoms with Crippen LogP contribution in [0, 0.1) is 0 Å². The second kappa shape index (κ2) is 9.57. The molecular formula is C20H29N5O3.